The molecule has 1 aliphatic carbocycles. The van der Waals surface area contributed by atoms with Crippen molar-refractivity contribution in [1.82, 2.24) is 9.78 Å². The second-order valence-corrected chi connectivity index (χ2v) is 8.65. The van der Waals surface area contributed by atoms with Crippen molar-refractivity contribution in [2.45, 2.75) is 51.6 Å². The third-order valence-electron chi connectivity index (χ3n) is 6.28. The molecule has 2 N–H and O–H groups in total. The van der Waals surface area contributed by atoms with Crippen molar-refractivity contribution in [1.29, 1.82) is 0 Å². The molecule has 1 atom stereocenters. The minimum Gasteiger partial charge on any atom is -0.456 e. The van der Waals surface area contributed by atoms with Gasteiger partial charge in [0, 0.05) is 41.4 Å². The molecule has 1 aromatic heterocycles. The lowest BCUT2D eigenvalue weighted by Gasteiger charge is -2.36. The molecule has 0 spiro atoms. The Bertz CT molecular complexity index is 1190. The molecule has 32 heavy (non-hydrogen) atoms. The molecule has 7 heteroatoms. The first-order chi connectivity index (χ1) is 15.4. The fourth-order valence-electron chi connectivity index (χ4n) is 4.45. The lowest BCUT2D eigenvalue weighted by molar-refractivity contribution is -0.117. The van der Waals surface area contributed by atoms with E-state index < -0.39 is 5.91 Å². The molecule has 7 nitrogen and oxygen atoms in total. The van der Waals surface area contributed by atoms with E-state index in [1.807, 2.05) is 27.9 Å². The zero-order valence-corrected chi connectivity index (χ0v) is 18.2. The van der Waals surface area contributed by atoms with E-state index in [1.54, 1.807) is 31.2 Å². The summed E-state index contributed by atoms with van der Waals surface area (Å²) in [6.07, 6.45) is 7.92. The van der Waals surface area contributed by atoms with Gasteiger partial charge in [-0.2, -0.15) is 5.10 Å². The van der Waals surface area contributed by atoms with Crippen LogP contribution in [0, 0.1) is 0 Å². The fraction of sp³-hybridized carbons (Fsp3) is 0.320. The van der Waals surface area contributed by atoms with E-state index in [4.69, 9.17) is 10.5 Å². The van der Waals surface area contributed by atoms with E-state index in [1.165, 1.54) is 0 Å². The number of primary amides is 1. The number of ether oxygens (including phenoxy) is 1. The summed E-state index contributed by atoms with van der Waals surface area (Å²) < 4.78 is 8.44. The van der Waals surface area contributed by atoms with Gasteiger partial charge in [0.1, 0.15) is 11.5 Å². The lowest BCUT2D eigenvalue weighted by atomic mass is 9.92. The van der Waals surface area contributed by atoms with E-state index in [0.717, 1.165) is 53.8 Å². The molecular formula is C25H26N4O3. The molecule has 1 unspecified atom stereocenters. The molecule has 1 saturated carbocycles. The van der Waals surface area contributed by atoms with Crippen molar-refractivity contribution in [3.8, 4) is 22.6 Å². The van der Waals surface area contributed by atoms with Gasteiger partial charge in [-0.3, -0.25) is 14.3 Å². The number of nitrogens with two attached hydrogens (primary N) is 1. The molecule has 1 aliphatic heterocycles. The zero-order chi connectivity index (χ0) is 22.4. The van der Waals surface area contributed by atoms with E-state index in [-0.39, 0.29) is 11.9 Å². The van der Waals surface area contributed by atoms with Crippen LogP contribution in [0.15, 0.2) is 48.8 Å². The monoisotopic (exact) mass is 430 g/mol. The maximum Gasteiger partial charge on any atom is 0.248 e. The number of hydrogen-bond donors (Lipinski definition) is 1. The normalized spacial score (nSPS) is 17.7. The topological polar surface area (TPSA) is 90.4 Å². The molecular weight excluding hydrogens is 404 g/mol. The summed E-state index contributed by atoms with van der Waals surface area (Å²) in [5, 5.41) is 4.55. The van der Waals surface area contributed by atoms with Crippen LogP contribution < -0.4 is 15.4 Å². The number of benzene rings is 2. The summed E-state index contributed by atoms with van der Waals surface area (Å²) in [5.41, 5.74) is 9.61. The number of carbonyl (C=O) groups excluding carboxylic acids is 2. The summed E-state index contributed by atoms with van der Waals surface area (Å²) in [7, 11) is 0. The van der Waals surface area contributed by atoms with Crippen molar-refractivity contribution < 1.29 is 14.3 Å². The van der Waals surface area contributed by atoms with Gasteiger partial charge in [-0.05, 0) is 69.0 Å². The van der Waals surface area contributed by atoms with Crippen LogP contribution in [-0.4, -0.2) is 27.6 Å². The average molecular weight is 431 g/mol. The Kier molecular flexibility index (Phi) is 4.96. The molecule has 0 radical (unpaired) electrons. The van der Waals surface area contributed by atoms with Crippen LogP contribution in [-0.2, 0) is 11.2 Å². The third kappa shape index (κ3) is 3.64. The highest BCUT2D eigenvalue weighted by molar-refractivity contribution is 5.95. The van der Waals surface area contributed by atoms with Crippen LogP contribution in [0.3, 0.4) is 0 Å². The SMILES string of the molecule is CC(=O)N1c2ccc(-c3cnn(C4CC4)c3)c(Oc3ccc(C(N)=O)cc3)c2CCC1C. The quantitative estimate of drug-likeness (QED) is 0.647. The van der Waals surface area contributed by atoms with E-state index in [9.17, 15) is 9.59 Å². The summed E-state index contributed by atoms with van der Waals surface area (Å²) in [5.74, 6) is 0.868. The van der Waals surface area contributed by atoms with Crippen LogP contribution in [0.2, 0.25) is 0 Å². The lowest BCUT2D eigenvalue weighted by Crippen LogP contribution is -2.40. The number of carbonyl (C=O) groups is 2. The maximum absolute atomic E-state index is 12.4. The van der Waals surface area contributed by atoms with Gasteiger partial charge in [-0.15, -0.1) is 0 Å². The number of amides is 2. The molecule has 0 saturated heterocycles. The molecule has 2 aromatic carbocycles. The van der Waals surface area contributed by atoms with Gasteiger partial charge in [0.05, 0.1) is 17.9 Å². The van der Waals surface area contributed by atoms with Crippen LogP contribution in [0.4, 0.5) is 5.69 Å². The molecule has 5 rings (SSSR count). The van der Waals surface area contributed by atoms with Crippen LogP contribution >= 0.6 is 0 Å². The fourth-order valence-corrected chi connectivity index (χ4v) is 4.45. The molecule has 164 valence electrons. The number of anilines is 1. The smallest absolute Gasteiger partial charge is 0.248 e. The average Bonchev–Trinajstić information content (AvgIpc) is 3.51. The maximum atomic E-state index is 12.4. The summed E-state index contributed by atoms with van der Waals surface area (Å²) in [6, 6.07) is 11.4. The number of rotatable bonds is 5. The molecule has 0 bridgehead atoms. The molecule has 2 aliphatic rings. The molecule has 2 heterocycles. The zero-order valence-electron chi connectivity index (χ0n) is 18.2. The van der Waals surface area contributed by atoms with Crippen LogP contribution in [0.25, 0.3) is 11.1 Å². The van der Waals surface area contributed by atoms with Crippen molar-refractivity contribution in [2.24, 2.45) is 5.73 Å². The molecule has 1 fully saturated rings. The summed E-state index contributed by atoms with van der Waals surface area (Å²) >= 11 is 0. The first-order valence-corrected chi connectivity index (χ1v) is 11.0. The minimum absolute atomic E-state index is 0.0181. The second-order valence-electron chi connectivity index (χ2n) is 8.65. The van der Waals surface area contributed by atoms with Crippen molar-refractivity contribution in [3.63, 3.8) is 0 Å². The van der Waals surface area contributed by atoms with Gasteiger partial charge < -0.3 is 15.4 Å². The van der Waals surface area contributed by atoms with E-state index >= 15 is 0 Å². The highest BCUT2D eigenvalue weighted by atomic mass is 16.5. The van der Waals surface area contributed by atoms with Crippen molar-refractivity contribution in [3.05, 3.63) is 59.9 Å². The summed E-state index contributed by atoms with van der Waals surface area (Å²) in [6.45, 7) is 3.67. The minimum atomic E-state index is -0.479. The van der Waals surface area contributed by atoms with Crippen molar-refractivity contribution in [2.75, 3.05) is 4.90 Å². The standard InChI is InChI=1S/C25H26N4O3/c1-15-3-10-22-23(29(15)16(2)30)12-11-21(18-13-27-28(14-18)19-6-7-19)24(22)32-20-8-4-17(5-9-20)25(26)31/h4-5,8-9,11-15,19H,3,6-7,10H2,1-2H3,(H2,26,31). The Morgan fingerprint density at radius 1 is 1.09 bits per heavy atom. The highest BCUT2D eigenvalue weighted by Crippen LogP contribution is 2.45. The Morgan fingerprint density at radius 2 is 1.84 bits per heavy atom. The van der Waals surface area contributed by atoms with E-state index in [0.29, 0.717) is 17.4 Å². The predicted molar refractivity (Wildman–Crippen MR) is 122 cm³/mol. The largest absolute Gasteiger partial charge is 0.456 e. The number of hydrogen-bond acceptors (Lipinski definition) is 4. The number of nitrogens with zero attached hydrogens (tertiary/aromatic N) is 3. The van der Waals surface area contributed by atoms with Gasteiger partial charge in [-0.1, -0.05) is 0 Å². The second kappa shape index (κ2) is 7.82. The van der Waals surface area contributed by atoms with E-state index in [2.05, 4.69) is 18.2 Å². The number of aromatic nitrogens is 2. The van der Waals surface area contributed by atoms with Gasteiger partial charge in [-0.25, -0.2) is 0 Å². The molecule has 3 aromatic rings. The Hall–Kier alpha value is -3.61. The van der Waals surface area contributed by atoms with Gasteiger partial charge in [0.15, 0.2) is 0 Å². The predicted octanol–water partition coefficient (Wildman–Crippen LogP) is 4.46. The van der Waals surface area contributed by atoms with Crippen molar-refractivity contribution >= 4 is 17.5 Å². The Balaban J connectivity index is 1.61. The number of fused-ring (bicyclic) bond motifs is 1. The van der Waals surface area contributed by atoms with Crippen LogP contribution in [0.5, 0.6) is 11.5 Å². The first kappa shape index (κ1) is 20.3. The van der Waals surface area contributed by atoms with Gasteiger partial charge >= 0.3 is 0 Å². The first-order valence-electron chi connectivity index (χ1n) is 11.0. The van der Waals surface area contributed by atoms with Gasteiger partial charge in [0.2, 0.25) is 11.8 Å². The third-order valence-corrected chi connectivity index (χ3v) is 6.28. The Labute approximate surface area is 186 Å². The Morgan fingerprint density at radius 3 is 2.50 bits per heavy atom. The summed E-state index contributed by atoms with van der Waals surface area (Å²) in [4.78, 5) is 25.7. The van der Waals surface area contributed by atoms with Gasteiger partial charge in [0.25, 0.3) is 0 Å². The van der Waals surface area contributed by atoms with Crippen LogP contribution in [0.1, 0.15) is 55.1 Å². The molecule has 2 amide bonds. The highest BCUT2D eigenvalue weighted by Gasteiger charge is 2.31.